The zero-order chi connectivity index (χ0) is 19.6. The molecule has 2 nitrogen and oxygen atoms in total. The molecular weight excluding hydrogens is 410 g/mol. The van der Waals surface area contributed by atoms with Crippen molar-refractivity contribution in [3.8, 4) is 0 Å². The molecule has 0 bridgehead atoms. The first kappa shape index (κ1) is 18.9. The van der Waals surface area contributed by atoms with Crippen LogP contribution < -0.4 is 5.32 Å². The van der Waals surface area contributed by atoms with Crippen LogP contribution in [0.5, 0.6) is 0 Å². The van der Waals surface area contributed by atoms with Crippen molar-refractivity contribution in [2.45, 2.75) is 37.1 Å². The first-order valence-electron chi connectivity index (χ1n) is 9.76. The van der Waals surface area contributed by atoms with Crippen LogP contribution in [0.4, 0.5) is 0 Å². The van der Waals surface area contributed by atoms with Gasteiger partial charge in [0.15, 0.2) is 0 Å². The molecule has 3 heteroatoms. The molecule has 0 aromatic heterocycles. The molecule has 1 atom stereocenters. The van der Waals surface area contributed by atoms with E-state index < -0.39 is 0 Å². The molecule has 0 radical (unpaired) electrons. The summed E-state index contributed by atoms with van der Waals surface area (Å²) in [6.45, 7) is 2.14. The molecular formula is C25H24BrNO. The number of amides is 1. The third-order valence-corrected chi connectivity index (χ3v) is 6.45. The molecule has 3 aromatic rings. The van der Waals surface area contributed by atoms with Gasteiger partial charge >= 0.3 is 0 Å². The number of carbonyl (C=O) groups excluding carboxylic acids is 1. The van der Waals surface area contributed by atoms with Crippen molar-refractivity contribution in [3.05, 3.63) is 106 Å². The number of halogens is 1. The van der Waals surface area contributed by atoms with Gasteiger partial charge < -0.3 is 5.32 Å². The summed E-state index contributed by atoms with van der Waals surface area (Å²) in [5.41, 5.74) is 3.40. The van der Waals surface area contributed by atoms with Gasteiger partial charge in [-0.15, -0.1) is 0 Å². The van der Waals surface area contributed by atoms with Gasteiger partial charge in [0.05, 0.1) is 5.92 Å². The van der Waals surface area contributed by atoms with Gasteiger partial charge in [-0.25, -0.2) is 0 Å². The first-order chi connectivity index (χ1) is 13.6. The second-order valence-electron chi connectivity index (χ2n) is 7.65. The minimum absolute atomic E-state index is 0.0499. The van der Waals surface area contributed by atoms with Crippen LogP contribution in [0.3, 0.4) is 0 Å². The maximum atomic E-state index is 13.4. The molecule has 1 unspecified atom stereocenters. The van der Waals surface area contributed by atoms with E-state index in [4.69, 9.17) is 0 Å². The molecule has 4 rings (SSSR count). The summed E-state index contributed by atoms with van der Waals surface area (Å²) >= 11 is 3.51. The standard InChI is InChI=1S/C25H24BrNO/c1-18(25(16-17-25)21-12-14-22(26)15-13-21)27-24(28)23(19-8-4-2-5-9-19)20-10-6-3-7-11-20/h2-15,18,23H,16-17H2,1H3,(H,27,28). The van der Waals surface area contributed by atoms with Gasteiger partial charge in [-0.2, -0.15) is 0 Å². The molecule has 142 valence electrons. The van der Waals surface area contributed by atoms with E-state index in [1.807, 2.05) is 60.7 Å². The largest absolute Gasteiger partial charge is 0.352 e. The Morgan fingerprint density at radius 2 is 1.36 bits per heavy atom. The lowest BCUT2D eigenvalue weighted by molar-refractivity contribution is -0.122. The molecule has 1 N–H and O–H groups in total. The van der Waals surface area contributed by atoms with Crippen molar-refractivity contribution in [3.63, 3.8) is 0 Å². The number of rotatable bonds is 6. The predicted octanol–water partition coefficient (Wildman–Crippen LogP) is 5.82. The Morgan fingerprint density at radius 1 is 0.857 bits per heavy atom. The van der Waals surface area contributed by atoms with Crippen molar-refractivity contribution in [2.24, 2.45) is 0 Å². The quantitative estimate of drug-likeness (QED) is 0.521. The third-order valence-electron chi connectivity index (χ3n) is 5.92. The average molecular weight is 434 g/mol. The SMILES string of the molecule is CC(NC(=O)C(c1ccccc1)c1ccccc1)C1(c2ccc(Br)cc2)CC1. The zero-order valence-electron chi connectivity index (χ0n) is 15.9. The third kappa shape index (κ3) is 3.77. The van der Waals surface area contributed by atoms with Gasteiger partial charge in [-0.1, -0.05) is 88.7 Å². The normalized spacial score (nSPS) is 15.8. The van der Waals surface area contributed by atoms with Crippen LogP contribution in [-0.2, 0) is 10.2 Å². The highest BCUT2D eigenvalue weighted by molar-refractivity contribution is 9.10. The topological polar surface area (TPSA) is 29.1 Å². The maximum absolute atomic E-state index is 13.4. The number of hydrogen-bond donors (Lipinski definition) is 1. The first-order valence-corrected chi connectivity index (χ1v) is 10.6. The lowest BCUT2D eigenvalue weighted by Crippen LogP contribution is -2.43. The van der Waals surface area contributed by atoms with Crippen LogP contribution in [0.2, 0.25) is 0 Å². The van der Waals surface area contributed by atoms with E-state index in [0.29, 0.717) is 0 Å². The van der Waals surface area contributed by atoms with Gasteiger partial charge in [-0.3, -0.25) is 4.79 Å². The van der Waals surface area contributed by atoms with Gasteiger partial charge in [0.1, 0.15) is 0 Å². The van der Waals surface area contributed by atoms with E-state index >= 15 is 0 Å². The van der Waals surface area contributed by atoms with E-state index in [-0.39, 0.29) is 23.3 Å². The van der Waals surface area contributed by atoms with Crippen LogP contribution in [-0.4, -0.2) is 11.9 Å². The highest BCUT2D eigenvalue weighted by atomic mass is 79.9. The number of hydrogen-bond acceptors (Lipinski definition) is 1. The lowest BCUT2D eigenvalue weighted by Gasteiger charge is -2.28. The summed E-state index contributed by atoms with van der Waals surface area (Å²) < 4.78 is 1.08. The van der Waals surface area contributed by atoms with Gasteiger partial charge in [-0.05, 0) is 48.6 Å². The number of nitrogens with one attached hydrogen (secondary N) is 1. The molecule has 1 fully saturated rings. The van der Waals surface area contributed by atoms with E-state index in [2.05, 4.69) is 52.4 Å². The monoisotopic (exact) mass is 433 g/mol. The van der Waals surface area contributed by atoms with Crippen LogP contribution in [0.25, 0.3) is 0 Å². The average Bonchev–Trinajstić information content (AvgIpc) is 3.52. The van der Waals surface area contributed by atoms with Crippen LogP contribution in [0.15, 0.2) is 89.4 Å². The molecule has 3 aromatic carbocycles. The Labute approximate surface area is 175 Å². The molecule has 0 saturated heterocycles. The molecule has 28 heavy (non-hydrogen) atoms. The van der Waals surface area contributed by atoms with Crippen molar-refractivity contribution < 1.29 is 4.79 Å². The Balaban J connectivity index is 1.59. The van der Waals surface area contributed by atoms with E-state index in [1.165, 1.54) is 5.56 Å². The van der Waals surface area contributed by atoms with Gasteiger partial charge in [0, 0.05) is 15.9 Å². The fourth-order valence-electron chi connectivity index (χ4n) is 4.11. The van der Waals surface area contributed by atoms with Crippen molar-refractivity contribution in [2.75, 3.05) is 0 Å². The highest BCUT2D eigenvalue weighted by Gasteiger charge is 2.49. The Kier molecular flexibility index (Phi) is 5.36. The molecule has 1 amide bonds. The summed E-state index contributed by atoms with van der Waals surface area (Å²) in [4.78, 5) is 13.4. The van der Waals surface area contributed by atoms with E-state index in [1.54, 1.807) is 0 Å². The van der Waals surface area contributed by atoms with E-state index in [0.717, 1.165) is 28.4 Å². The number of benzene rings is 3. The smallest absolute Gasteiger partial charge is 0.232 e. The fraction of sp³-hybridized carbons (Fsp3) is 0.240. The second-order valence-corrected chi connectivity index (χ2v) is 8.56. The van der Waals surface area contributed by atoms with E-state index in [9.17, 15) is 4.79 Å². The van der Waals surface area contributed by atoms with Crippen molar-refractivity contribution in [1.29, 1.82) is 0 Å². The van der Waals surface area contributed by atoms with Crippen LogP contribution in [0, 0.1) is 0 Å². The molecule has 0 spiro atoms. The summed E-state index contributed by atoms with van der Waals surface area (Å²) in [6.07, 6.45) is 2.22. The molecule has 0 aliphatic heterocycles. The fourth-order valence-corrected chi connectivity index (χ4v) is 4.37. The Morgan fingerprint density at radius 3 is 1.82 bits per heavy atom. The Bertz CT molecular complexity index is 894. The summed E-state index contributed by atoms with van der Waals surface area (Å²) in [6, 6.07) is 28.7. The van der Waals surface area contributed by atoms with Crippen molar-refractivity contribution in [1.82, 2.24) is 5.32 Å². The lowest BCUT2D eigenvalue weighted by atomic mass is 9.86. The second kappa shape index (κ2) is 7.92. The minimum atomic E-state index is -0.300. The van der Waals surface area contributed by atoms with Gasteiger partial charge in [0.2, 0.25) is 5.91 Å². The summed E-state index contributed by atoms with van der Waals surface area (Å²) in [5.74, 6) is -0.237. The summed E-state index contributed by atoms with van der Waals surface area (Å²) in [7, 11) is 0. The molecule has 1 aliphatic rings. The van der Waals surface area contributed by atoms with Crippen molar-refractivity contribution >= 4 is 21.8 Å². The molecule has 0 heterocycles. The molecule has 1 aliphatic carbocycles. The van der Waals surface area contributed by atoms with Gasteiger partial charge in [0.25, 0.3) is 0 Å². The zero-order valence-corrected chi connectivity index (χ0v) is 17.5. The Hall–Kier alpha value is -2.39. The minimum Gasteiger partial charge on any atom is -0.352 e. The van der Waals surface area contributed by atoms with Crippen LogP contribution >= 0.6 is 15.9 Å². The summed E-state index contributed by atoms with van der Waals surface area (Å²) in [5, 5.41) is 3.34. The molecule has 1 saturated carbocycles. The maximum Gasteiger partial charge on any atom is 0.232 e. The predicted molar refractivity (Wildman–Crippen MR) is 117 cm³/mol. The highest BCUT2D eigenvalue weighted by Crippen LogP contribution is 2.51. The van der Waals surface area contributed by atoms with Crippen LogP contribution in [0.1, 0.15) is 42.4 Å². The number of carbonyl (C=O) groups is 1.